The Morgan fingerprint density at radius 3 is 2.83 bits per heavy atom. The van der Waals surface area contributed by atoms with Crippen molar-refractivity contribution in [2.45, 2.75) is 12.3 Å². The number of nitrogens with zero attached hydrogens (tertiary/aromatic N) is 2. The molecule has 0 unspecified atom stereocenters. The monoisotopic (exact) mass is 314 g/mol. The normalized spacial score (nSPS) is 19.0. The van der Waals surface area contributed by atoms with Gasteiger partial charge in [0.2, 0.25) is 17.8 Å². The zero-order valence-electron chi connectivity index (χ0n) is 12.2. The van der Waals surface area contributed by atoms with Crippen molar-refractivity contribution in [1.82, 2.24) is 15.3 Å². The fourth-order valence-electron chi connectivity index (χ4n) is 2.40. The number of nitrogens with one attached hydrogen (secondary N) is 2. The van der Waals surface area contributed by atoms with E-state index in [9.17, 15) is 14.0 Å². The summed E-state index contributed by atoms with van der Waals surface area (Å²) in [7, 11) is 0. The summed E-state index contributed by atoms with van der Waals surface area (Å²) in [6, 6.07) is 6.34. The van der Waals surface area contributed by atoms with Gasteiger partial charge in [-0.3, -0.25) is 14.6 Å². The Morgan fingerprint density at radius 2 is 2.13 bits per heavy atom. The summed E-state index contributed by atoms with van der Waals surface area (Å²) in [6.45, 7) is -0.0986. The molecule has 0 spiro atoms. The Bertz CT molecular complexity index is 706. The van der Waals surface area contributed by atoms with Crippen molar-refractivity contribution < 1.29 is 14.0 Å². The van der Waals surface area contributed by atoms with E-state index >= 15 is 0 Å². The van der Waals surface area contributed by atoms with Crippen molar-refractivity contribution in [2.75, 3.05) is 11.9 Å². The molecular weight excluding hydrogens is 299 g/mol. The number of anilines is 1. The van der Waals surface area contributed by atoms with Crippen molar-refractivity contribution in [3.05, 3.63) is 54.4 Å². The molecule has 0 saturated heterocycles. The molecule has 3 rings (SSSR count). The van der Waals surface area contributed by atoms with Crippen molar-refractivity contribution in [1.29, 1.82) is 0 Å². The topological polar surface area (TPSA) is 84.0 Å². The minimum Gasteiger partial charge on any atom is -0.347 e. The van der Waals surface area contributed by atoms with Gasteiger partial charge < -0.3 is 10.6 Å². The second-order valence-corrected chi connectivity index (χ2v) is 5.37. The second kappa shape index (κ2) is 6.51. The summed E-state index contributed by atoms with van der Waals surface area (Å²) < 4.78 is 12.8. The predicted octanol–water partition coefficient (Wildman–Crippen LogP) is 1.47. The van der Waals surface area contributed by atoms with Crippen LogP contribution in [0.2, 0.25) is 0 Å². The highest BCUT2D eigenvalue weighted by Gasteiger charge is 2.44. The highest BCUT2D eigenvalue weighted by atomic mass is 19.1. The SMILES string of the molecule is O=C(CNC(=O)[C@@H]1C[C@H]1c1ccc(F)nc1)Nc1cccnc1. The molecule has 1 aliphatic carbocycles. The number of aromatic nitrogens is 2. The molecule has 2 N–H and O–H groups in total. The van der Waals surface area contributed by atoms with Gasteiger partial charge in [0.1, 0.15) is 0 Å². The molecule has 6 nitrogen and oxygen atoms in total. The molecule has 1 saturated carbocycles. The van der Waals surface area contributed by atoms with Crippen LogP contribution in [0.1, 0.15) is 17.9 Å². The van der Waals surface area contributed by atoms with Crippen molar-refractivity contribution in [3.8, 4) is 0 Å². The maximum atomic E-state index is 12.8. The third-order valence-electron chi connectivity index (χ3n) is 3.67. The van der Waals surface area contributed by atoms with Crippen LogP contribution in [0.5, 0.6) is 0 Å². The van der Waals surface area contributed by atoms with Gasteiger partial charge in [-0.2, -0.15) is 4.39 Å². The number of carbonyl (C=O) groups excluding carboxylic acids is 2. The fourth-order valence-corrected chi connectivity index (χ4v) is 2.40. The predicted molar refractivity (Wildman–Crippen MR) is 80.9 cm³/mol. The molecule has 23 heavy (non-hydrogen) atoms. The van der Waals surface area contributed by atoms with Gasteiger partial charge in [0, 0.05) is 18.3 Å². The van der Waals surface area contributed by atoms with Gasteiger partial charge in [-0.1, -0.05) is 6.07 Å². The van der Waals surface area contributed by atoms with E-state index in [1.54, 1.807) is 24.4 Å². The number of hydrogen-bond acceptors (Lipinski definition) is 4. The molecule has 2 amide bonds. The summed E-state index contributed by atoms with van der Waals surface area (Å²) in [5, 5.41) is 5.25. The Labute approximate surface area is 132 Å². The standard InChI is InChI=1S/C16H15FN4O2/c17-14-4-3-10(7-19-14)12-6-13(12)16(23)20-9-15(22)21-11-2-1-5-18-8-11/h1-5,7-8,12-13H,6,9H2,(H,20,23)(H,21,22)/t12-,13+/m0/s1. The van der Waals surface area contributed by atoms with Crippen LogP contribution in [0.15, 0.2) is 42.9 Å². The molecule has 2 heterocycles. The van der Waals surface area contributed by atoms with Crippen LogP contribution in [0.4, 0.5) is 10.1 Å². The highest BCUT2D eigenvalue weighted by Crippen LogP contribution is 2.47. The van der Waals surface area contributed by atoms with Crippen molar-refractivity contribution >= 4 is 17.5 Å². The minimum absolute atomic E-state index is 0.0458. The molecule has 1 fully saturated rings. The molecule has 2 aromatic rings. The Kier molecular flexibility index (Phi) is 4.27. The highest BCUT2D eigenvalue weighted by molar-refractivity contribution is 5.95. The third kappa shape index (κ3) is 3.88. The molecule has 2 aromatic heterocycles. The quantitative estimate of drug-likeness (QED) is 0.819. The van der Waals surface area contributed by atoms with Crippen LogP contribution in [-0.4, -0.2) is 28.3 Å². The smallest absolute Gasteiger partial charge is 0.243 e. The van der Waals surface area contributed by atoms with Gasteiger partial charge in [0.25, 0.3) is 0 Å². The Morgan fingerprint density at radius 1 is 1.26 bits per heavy atom. The average molecular weight is 314 g/mol. The van der Waals surface area contributed by atoms with Crippen LogP contribution in [0, 0.1) is 11.9 Å². The largest absolute Gasteiger partial charge is 0.347 e. The van der Waals surface area contributed by atoms with Gasteiger partial charge in [-0.05, 0) is 36.1 Å². The molecule has 2 atom stereocenters. The zero-order valence-corrected chi connectivity index (χ0v) is 12.2. The van der Waals surface area contributed by atoms with Gasteiger partial charge in [-0.25, -0.2) is 4.98 Å². The number of pyridine rings is 2. The lowest BCUT2D eigenvalue weighted by Gasteiger charge is -2.06. The Balaban J connectivity index is 1.45. The van der Waals surface area contributed by atoms with E-state index in [4.69, 9.17) is 0 Å². The lowest BCUT2D eigenvalue weighted by molar-refractivity contribution is -0.125. The summed E-state index contributed by atoms with van der Waals surface area (Å²) in [5.74, 6) is -1.17. The number of hydrogen-bond donors (Lipinski definition) is 2. The van der Waals surface area contributed by atoms with Crippen molar-refractivity contribution in [2.24, 2.45) is 5.92 Å². The summed E-state index contributed by atoms with van der Waals surface area (Å²) in [6.07, 6.45) is 5.26. The molecule has 7 heteroatoms. The fraction of sp³-hybridized carbons (Fsp3) is 0.250. The average Bonchev–Trinajstić information content (AvgIpc) is 3.35. The van der Waals surface area contributed by atoms with Crippen LogP contribution in [0.3, 0.4) is 0 Å². The molecule has 0 radical (unpaired) electrons. The number of halogens is 1. The van der Waals surface area contributed by atoms with Crippen LogP contribution in [-0.2, 0) is 9.59 Å². The lowest BCUT2D eigenvalue weighted by Crippen LogP contribution is -2.34. The summed E-state index contributed by atoms with van der Waals surface area (Å²) in [5.41, 5.74) is 1.42. The van der Waals surface area contributed by atoms with Crippen molar-refractivity contribution in [3.63, 3.8) is 0 Å². The van der Waals surface area contributed by atoms with Crippen LogP contribution >= 0.6 is 0 Å². The van der Waals surface area contributed by atoms with E-state index in [1.807, 2.05) is 0 Å². The second-order valence-electron chi connectivity index (χ2n) is 5.37. The first-order chi connectivity index (χ1) is 11.1. The van der Waals surface area contributed by atoms with E-state index in [-0.39, 0.29) is 30.2 Å². The maximum Gasteiger partial charge on any atom is 0.243 e. The van der Waals surface area contributed by atoms with E-state index in [2.05, 4.69) is 20.6 Å². The summed E-state index contributed by atoms with van der Waals surface area (Å²) in [4.78, 5) is 31.2. The lowest BCUT2D eigenvalue weighted by atomic mass is 10.1. The molecule has 118 valence electrons. The number of amides is 2. The minimum atomic E-state index is -0.539. The molecule has 1 aliphatic rings. The number of rotatable bonds is 5. The number of carbonyl (C=O) groups is 2. The van der Waals surface area contributed by atoms with Gasteiger partial charge >= 0.3 is 0 Å². The van der Waals surface area contributed by atoms with Crippen LogP contribution in [0.25, 0.3) is 0 Å². The Hall–Kier alpha value is -2.83. The first-order valence-electron chi connectivity index (χ1n) is 7.22. The van der Waals surface area contributed by atoms with Gasteiger partial charge in [-0.15, -0.1) is 0 Å². The first kappa shape index (κ1) is 15.1. The van der Waals surface area contributed by atoms with Crippen LogP contribution < -0.4 is 10.6 Å². The van der Waals surface area contributed by atoms with Gasteiger partial charge in [0.15, 0.2) is 0 Å². The third-order valence-corrected chi connectivity index (χ3v) is 3.67. The molecule has 0 aliphatic heterocycles. The molecule has 0 aromatic carbocycles. The first-order valence-corrected chi connectivity index (χ1v) is 7.22. The zero-order chi connectivity index (χ0) is 16.2. The molecular formula is C16H15FN4O2. The maximum absolute atomic E-state index is 12.8. The van der Waals surface area contributed by atoms with Gasteiger partial charge in [0.05, 0.1) is 18.4 Å². The van der Waals surface area contributed by atoms with E-state index in [0.717, 1.165) is 5.56 Å². The van der Waals surface area contributed by atoms with E-state index < -0.39 is 5.95 Å². The summed E-state index contributed by atoms with van der Waals surface area (Å²) >= 11 is 0. The van der Waals surface area contributed by atoms with E-state index in [0.29, 0.717) is 12.1 Å². The molecule has 0 bridgehead atoms. The van der Waals surface area contributed by atoms with E-state index in [1.165, 1.54) is 18.5 Å².